The first-order valence-electron chi connectivity index (χ1n) is 6.47. The molecule has 23 heavy (non-hydrogen) atoms. The molecule has 4 nitrogen and oxygen atoms in total. The lowest BCUT2D eigenvalue weighted by molar-refractivity contribution is 0.392. The van der Waals surface area contributed by atoms with E-state index in [2.05, 4.69) is 27.7 Å². The largest absolute Gasteiger partial charge is 0.480 e. The lowest BCUT2D eigenvalue weighted by atomic mass is 10.2. The van der Waals surface area contributed by atoms with E-state index in [-0.39, 0.29) is 35.0 Å². The third-order valence-corrected chi connectivity index (χ3v) is 2.85. The van der Waals surface area contributed by atoms with Crippen LogP contribution in [0.3, 0.4) is 0 Å². The number of halogens is 2. The minimum Gasteiger partial charge on any atom is -0.480 e. The fraction of sp³-hybridized carbons (Fsp3) is 0.176. The summed E-state index contributed by atoms with van der Waals surface area (Å²) in [6.07, 6.45) is 6.26. The number of methoxy groups -OCH3 is 2. The van der Waals surface area contributed by atoms with Crippen LogP contribution in [0.1, 0.15) is 16.8 Å². The van der Waals surface area contributed by atoms with Crippen molar-refractivity contribution in [3.8, 4) is 35.9 Å². The van der Waals surface area contributed by atoms with E-state index in [4.69, 9.17) is 15.9 Å². The Morgan fingerprint density at radius 1 is 1.13 bits per heavy atom. The summed E-state index contributed by atoms with van der Waals surface area (Å²) >= 11 is 0. The zero-order chi connectivity index (χ0) is 16.8. The molecular weight excluding hydrogens is 302 g/mol. The zero-order valence-electron chi connectivity index (χ0n) is 12.5. The highest BCUT2D eigenvalue weighted by molar-refractivity contribution is 5.44. The SMILES string of the molecule is C#Cc1cc(F)c(CC#Cc2cc(F)cnc2OC)nc1OC. The molecule has 0 amide bonds. The van der Waals surface area contributed by atoms with Crippen molar-refractivity contribution in [1.82, 2.24) is 9.97 Å². The fourth-order valence-corrected chi connectivity index (χ4v) is 1.79. The average molecular weight is 314 g/mol. The number of hydrogen-bond donors (Lipinski definition) is 0. The van der Waals surface area contributed by atoms with Crippen molar-refractivity contribution in [1.29, 1.82) is 0 Å². The number of ether oxygens (including phenoxy) is 2. The summed E-state index contributed by atoms with van der Waals surface area (Å²) in [5.74, 6) is 6.88. The van der Waals surface area contributed by atoms with Gasteiger partial charge in [-0.3, -0.25) is 0 Å². The van der Waals surface area contributed by atoms with Crippen molar-refractivity contribution in [2.24, 2.45) is 0 Å². The van der Waals surface area contributed by atoms with Crippen LogP contribution in [-0.2, 0) is 6.42 Å². The quantitative estimate of drug-likeness (QED) is 0.816. The van der Waals surface area contributed by atoms with E-state index in [9.17, 15) is 8.78 Å². The summed E-state index contributed by atoms with van der Waals surface area (Å²) in [7, 11) is 2.79. The summed E-state index contributed by atoms with van der Waals surface area (Å²) in [4.78, 5) is 7.75. The number of aromatic nitrogens is 2. The fourth-order valence-electron chi connectivity index (χ4n) is 1.79. The Labute approximate surface area is 132 Å². The molecule has 0 aliphatic rings. The molecule has 0 N–H and O–H groups in total. The van der Waals surface area contributed by atoms with Crippen LogP contribution in [0, 0.1) is 35.8 Å². The second-order valence-electron chi connectivity index (χ2n) is 4.31. The highest BCUT2D eigenvalue weighted by Crippen LogP contribution is 2.18. The Kier molecular flexibility index (Phi) is 5.11. The Morgan fingerprint density at radius 3 is 2.52 bits per heavy atom. The summed E-state index contributed by atoms with van der Waals surface area (Å²) < 4.78 is 37.1. The van der Waals surface area contributed by atoms with Gasteiger partial charge in [-0.1, -0.05) is 17.8 Å². The van der Waals surface area contributed by atoms with Gasteiger partial charge in [0.2, 0.25) is 11.8 Å². The number of pyridine rings is 2. The van der Waals surface area contributed by atoms with Gasteiger partial charge in [0.25, 0.3) is 0 Å². The molecule has 0 saturated heterocycles. The Balaban J connectivity index is 2.29. The smallest absolute Gasteiger partial charge is 0.229 e. The van der Waals surface area contributed by atoms with Gasteiger partial charge in [0, 0.05) is 0 Å². The third-order valence-electron chi connectivity index (χ3n) is 2.85. The van der Waals surface area contributed by atoms with E-state index in [1.807, 2.05) is 0 Å². The maximum atomic E-state index is 13.9. The minimum absolute atomic E-state index is 0.00723. The summed E-state index contributed by atoms with van der Waals surface area (Å²) in [5.41, 5.74) is 0.564. The average Bonchev–Trinajstić information content (AvgIpc) is 2.56. The van der Waals surface area contributed by atoms with E-state index in [0.717, 1.165) is 12.3 Å². The van der Waals surface area contributed by atoms with E-state index in [1.54, 1.807) is 0 Å². The Hall–Kier alpha value is -3.12. The molecule has 2 heterocycles. The molecular formula is C17H12F2N2O2. The molecule has 6 heteroatoms. The third kappa shape index (κ3) is 3.75. The highest BCUT2D eigenvalue weighted by atomic mass is 19.1. The molecule has 2 rings (SSSR count). The van der Waals surface area contributed by atoms with Crippen LogP contribution in [0.4, 0.5) is 8.78 Å². The van der Waals surface area contributed by atoms with Crippen LogP contribution >= 0.6 is 0 Å². The maximum Gasteiger partial charge on any atom is 0.229 e. The summed E-state index contributed by atoms with van der Waals surface area (Å²) in [6, 6.07) is 2.35. The van der Waals surface area contributed by atoms with Crippen LogP contribution in [0.25, 0.3) is 0 Å². The first-order valence-corrected chi connectivity index (χ1v) is 6.47. The summed E-state index contributed by atoms with van der Waals surface area (Å²) in [5, 5.41) is 0. The van der Waals surface area contributed by atoms with E-state index in [1.165, 1.54) is 20.3 Å². The summed E-state index contributed by atoms with van der Waals surface area (Å²) in [6.45, 7) is 0. The first kappa shape index (κ1) is 16.3. The zero-order valence-corrected chi connectivity index (χ0v) is 12.5. The van der Waals surface area contributed by atoms with Crippen LogP contribution in [-0.4, -0.2) is 24.2 Å². The minimum atomic E-state index is -0.586. The van der Waals surface area contributed by atoms with Crippen LogP contribution in [0.5, 0.6) is 11.8 Å². The number of terminal acetylenes is 1. The molecule has 2 aromatic heterocycles. The van der Waals surface area contributed by atoms with E-state index in [0.29, 0.717) is 0 Å². The van der Waals surface area contributed by atoms with Crippen LogP contribution < -0.4 is 9.47 Å². The predicted octanol–water partition coefficient (Wildman–Crippen LogP) is 2.35. The van der Waals surface area contributed by atoms with Crippen molar-refractivity contribution in [2.45, 2.75) is 6.42 Å². The number of nitrogens with zero attached hydrogens (tertiary/aromatic N) is 2. The maximum absolute atomic E-state index is 13.9. The topological polar surface area (TPSA) is 44.2 Å². The van der Waals surface area contributed by atoms with Gasteiger partial charge >= 0.3 is 0 Å². The lowest BCUT2D eigenvalue weighted by Crippen LogP contribution is -2.00. The second kappa shape index (κ2) is 7.24. The normalized spacial score (nSPS) is 9.52. The van der Waals surface area contributed by atoms with Crippen LogP contribution in [0.2, 0.25) is 0 Å². The molecule has 0 unspecified atom stereocenters. The highest BCUT2D eigenvalue weighted by Gasteiger charge is 2.10. The molecule has 0 atom stereocenters. The lowest BCUT2D eigenvalue weighted by Gasteiger charge is -2.05. The van der Waals surface area contributed by atoms with Gasteiger partial charge in [-0.25, -0.2) is 18.7 Å². The molecule has 116 valence electrons. The number of hydrogen-bond acceptors (Lipinski definition) is 4. The van der Waals surface area contributed by atoms with Crippen molar-refractivity contribution in [3.05, 3.63) is 46.8 Å². The van der Waals surface area contributed by atoms with Gasteiger partial charge in [0.1, 0.15) is 11.6 Å². The molecule has 0 radical (unpaired) electrons. The van der Waals surface area contributed by atoms with Crippen molar-refractivity contribution in [2.75, 3.05) is 14.2 Å². The van der Waals surface area contributed by atoms with Crippen molar-refractivity contribution < 1.29 is 18.3 Å². The predicted molar refractivity (Wildman–Crippen MR) is 80.0 cm³/mol. The molecule has 0 aromatic carbocycles. The Bertz CT molecular complexity index is 833. The van der Waals surface area contributed by atoms with E-state index >= 15 is 0 Å². The van der Waals surface area contributed by atoms with Gasteiger partial charge in [-0.15, -0.1) is 6.42 Å². The molecule has 0 bridgehead atoms. The molecule has 0 aliphatic carbocycles. The van der Waals surface area contributed by atoms with Crippen molar-refractivity contribution >= 4 is 0 Å². The van der Waals surface area contributed by atoms with Gasteiger partial charge in [0.05, 0.1) is 43.7 Å². The van der Waals surface area contributed by atoms with Gasteiger partial charge in [-0.2, -0.15) is 0 Å². The number of rotatable bonds is 3. The standard InChI is InChI=1S/C17H12F2N2O2/c1-4-11-9-14(19)15(21-17(11)23-3)7-5-6-12-8-13(18)10-20-16(12)22-2/h1,8-10H,7H2,2-3H3. The van der Waals surface area contributed by atoms with Gasteiger partial charge in [-0.05, 0) is 12.1 Å². The van der Waals surface area contributed by atoms with Gasteiger partial charge in [0.15, 0.2) is 0 Å². The van der Waals surface area contributed by atoms with Crippen LogP contribution in [0.15, 0.2) is 18.3 Å². The molecule has 0 spiro atoms. The monoisotopic (exact) mass is 314 g/mol. The molecule has 0 saturated carbocycles. The Morgan fingerprint density at radius 2 is 1.87 bits per heavy atom. The van der Waals surface area contributed by atoms with Gasteiger partial charge < -0.3 is 9.47 Å². The second-order valence-corrected chi connectivity index (χ2v) is 4.31. The molecule has 0 fully saturated rings. The first-order chi connectivity index (χ1) is 11.1. The molecule has 0 aliphatic heterocycles. The molecule has 2 aromatic rings. The van der Waals surface area contributed by atoms with E-state index < -0.39 is 11.6 Å². The van der Waals surface area contributed by atoms with Crippen molar-refractivity contribution in [3.63, 3.8) is 0 Å².